The molecule has 1 aromatic carbocycles. The highest BCUT2D eigenvalue weighted by Crippen LogP contribution is 2.28. The second-order valence-electron chi connectivity index (χ2n) is 3.04. The molecule has 0 bridgehead atoms. The standard InChI is InChI=1S/C8H6F3N.C3H7NO2/c9-8(10,11)7-3-1-6(5-12)2-4-7;1-6-3(5)2-4/h1-5,12H;2,4H2,1H3. The molecular formula is C11H13F3N2O2. The zero-order chi connectivity index (χ0) is 14.2. The summed E-state index contributed by atoms with van der Waals surface area (Å²) in [4.78, 5) is 9.83. The van der Waals surface area contributed by atoms with Crippen LogP contribution >= 0.6 is 0 Å². The molecule has 3 N–H and O–H groups in total. The molecule has 0 spiro atoms. The van der Waals surface area contributed by atoms with Crippen LogP contribution in [0.1, 0.15) is 11.1 Å². The van der Waals surface area contributed by atoms with Crippen LogP contribution in [0, 0.1) is 5.41 Å². The molecule has 0 saturated heterocycles. The van der Waals surface area contributed by atoms with Crippen LogP contribution in [0.15, 0.2) is 24.3 Å². The maximum Gasteiger partial charge on any atom is 0.416 e. The number of ether oxygens (including phenoxy) is 1. The van der Waals surface area contributed by atoms with Crippen molar-refractivity contribution >= 4 is 12.2 Å². The Morgan fingerprint density at radius 2 is 1.89 bits per heavy atom. The molecule has 0 aliphatic rings. The maximum atomic E-state index is 12.0. The fourth-order valence-corrected chi connectivity index (χ4v) is 0.852. The monoisotopic (exact) mass is 262 g/mol. The molecule has 7 heteroatoms. The van der Waals surface area contributed by atoms with Gasteiger partial charge in [-0.25, -0.2) is 0 Å². The number of halogens is 3. The Morgan fingerprint density at radius 3 is 2.11 bits per heavy atom. The van der Waals surface area contributed by atoms with Gasteiger partial charge < -0.3 is 15.9 Å². The first kappa shape index (κ1) is 16.1. The minimum absolute atomic E-state index is 0.0312. The first-order valence-corrected chi connectivity index (χ1v) is 4.79. The molecule has 0 aliphatic carbocycles. The smallest absolute Gasteiger partial charge is 0.416 e. The van der Waals surface area contributed by atoms with E-state index in [-0.39, 0.29) is 12.5 Å². The van der Waals surface area contributed by atoms with Gasteiger partial charge in [0, 0.05) is 6.21 Å². The van der Waals surface area contributed by atoms with E-state index in [1.807, 2.05) is 0 Å². The molecule has 0 aliphatic heterocycles. The molecule has 0 saturated carbocycles. The molecule has 0 fully saturated rings. The number of nitrogens with two attached hydrogens (primary N) is 1. The highest BCUT2D eigenvalue weighted by Gasteiger charge is 2.29. The SMILES string of the molecule is COC(=O)CN.N=Cc1ccc(C(F)(F)F)cc1. The first-order valence-electron chi connectivity index (χ1n) is 4.79. The molecule has 18 heavy (non-hydrogen) atoms. The number of hydrogen-bond acceptors (Lipinski definition) is 4. The van der Waals surface area contributed by atoms with Crippen molar-refractivity contribution in [2.45, 2.75) is 6.18 Å². The van der Waals surface area contributed by atoms with E-state index < -0.39 is 11.7 Å². The van der Waals surface area contributed by atoms with Gasteiger partial charge in [-0.3, -0.25) is 4.79 Å². The minimum Gasteiger partial charge on any atom is -0.468 e. The van der Waals surface area contributed by atoms with E-state index in [2.05, 4.69) is 4.74 Å². The molecule has 0 amide bonds. The molecule has 1 aromatic rings. The predicted octanol–water partition coefficient (Wildman–Crippen LogP) is 1.82. The van der Waals surface area contributed by atoms with Crippen molar-refractivity contribution in [2.24, 2.45) is 5.73 Å². The second kappa shape index (κ2) is 7.44. The molecule has 1 rings (SSSR count). The largest absolute Gasteiger partial charge is 0.468 e. The Labute approximate surface area is 102 Å². The van der Waals surface area contributed by atoms with Gasteiger partial charge in [-0.05, 0) is 17.7 Å². The summed E-state index contributed by atoms with van der Waals surface area (Å²) in [5.74, 6) is -0.380. The van der Waals surface area contributed by atoms with Crippen molar-refractivity contribution in [3.05, 3.63) is 35.4 Å². The summed E-state index contributed by atoms with van der Waals surface area (Å²) in [7, 11) is 1.30. The van der Waals surface area contributed by atoms with Crippen molar-refractivity contribution in [2.75, 3.05) is 13.7 Å². The van der Waals surface area contributed by atoms with Crippen LogP contribution in [0.2, 0.25) is 0 Å². The van der Waals surface area contributed by atoms with Gasteiger partial charge in [-0.15, -0.1) is 0 Å². The molecular weight excluding hydrogens is 249 g/mol. The fourth-order valence-electron chi connectivity index (χ4n) is 0.852. The molecule has 0 heterocycles. The third-order valence-corrected chi connectivity index (χ3v) is 1.80. The molecule has 0 unspecified atom stereocenters. The zero-order valence-electron chi connectivity index (χ0n) is 9.62. The van der Waals surface area contributed by atoms with Crippen molar-refractivity contribution < 1.29 is 22.7 Å². The third-order valence-electron chi connectivity index (χ3n) is 1.80. The molecule has 0 radical (unpaired) electrons. The third kappa shape index (κ3) is 6.00. The van der Waals surface area contributed by atoms with E-state index in [0.29, 0.717) is 5.56 Å². The summed E-state index contributed by atoms with van der Waals surface area (Å²) in [6, 6.07) is 4.44. The number of rotatable bonds is 2. The van der Waals surface area contributed by atoms with Gasteiger partial charge in [-0.1, -0.05) is 12.1 Å². The fraction of sp³-hybridized carbons (Fsp3) is 0.273. The number of alkyl halides is 3. The van der Waals surface area contributed by atoms with Crippen LogP contribution in [-0.2, 0) is 15.7 Å². The molecule has 100 valence electrons. The van der Waals surface area contributed by atoms with Crippen LogP contribution in [0.5, 0.6) is 0 Å². The van der Waals surface area contributed by atoms with E-state index in [1.54, 1.807) is 0 Å². The maximum absolute atomic E-state index is 12.0. The Bertz CT molecular complexity index is 382. The lowest BCUT2D eigenvalue weighted by Gasteiger charge is -2.05. The summed E-state index contributed by atoms with van der Waals surface area (Å²) in [5, 5.41) is 6.76. The Hall–Kier alpha value is -1.89. The second-order valence-corrected chi connectivity index (χ2v) is 3.04. The predicted molar refractivity (Wildman–Crippen MR) is 60.4 cm³/mol. The van der Waals surface area contributed by atoms with Crippen molar-refractivity contribution in [1.82, 2.24) is 0 Å². The normalized spacial score (nSPS) is 10.1. The number of methoxy groups -OCH3 is 1. The molecule has 0 atom stereocenters. The summed E-state index contributed by atoms with van der Waals surface area (Å²) in [6.07, 6.45) is -3.29. The molecule has 4 nitrogen and oxygen atoms in total. The number of esters is 1. The minimum atomic E-state index is -4.29. The summed E-state index contributed by atoms with van der Waals surface area (Å²) < 4.78 is 40.0. The quantitative estimate of drug-likeness (QED) is 0.630. The number of hydrogen-bond donors (Lipinski definition) is 2. The van der Waals surface area contributed by atoms with E-state index in [1.165, 1.54) is 19.2 Å². The Kier molecular flexibility index (Phi) is 6.66. The van der Waals surface area contributed by atoms with Crippen molar-refractivity contribution in [3.63, 3.8) is 0 Å². The lowest BCUT2D eigenvalue weighted by Crippen LogP contribution is -2.14. The summed E-state index contributed by atoms with van der Waals surface area (Å²) in [5.41, 5.74) is 4.58. The van der Waals surface area contributed by atoms with Gasteiger partial charge in [0.2, 0.25) is 0 Å². The van der Waals surface area contributed by atoms with Gasteiger partial charge >= 0.3 is 12.1 Å². The van der Waals surface area contributed by atoms with Gasteiger partial charge in [0.25, 0.3) is 0 Å². The van der Waals surface area contributed by atoms with E-state index in [4.69, 9.17) is 11.1 Å². The average Bonchev–Trinajstić information content (AvgIpc) is 2.37. The number of carbonyl (C=O) groups is 1. The van der Waals surface area contributed by atoms with E-state index >= 15 is 0 Å². The van der Waals surface area contributed by atoms with Crippen LogP contribution in [0.3, 0.4) is 0 Å². The van der Waals surface area contributed by atoms with Crippen LogP contribution in [-0.4, -0.2) is 25.8 Å². The molecule has 0 aromatic heterocycles. The van der Waals surface area contributed by atoms with Crippen LogP contribution in [0.25, 0.3) is 0 Å². The summed E-state index contributed by atoms with van der Waals surface area (Å²) >= 11 is 0. The lowest BCUT2D eigenvalue weighted by molar-refractivity contribution is -0.139. The average molecular weight is 262 g/mol. The summed E-state index contributed by atoms with van der Waals surface area (Å²) in [6.45, 7) is -0.0312. The number of carbonyl (C=O) groups excluding carboxylic acids is 1. The van der Waals surface area contributed by atoms with E-state index in [0.717, 1.165) is 18.3 Å². The van der Waals surface area contributed by atoms with E-state index in [9.17, 15) is 18.0 Å². The highest BCUT2D eigenvalue weighted by atomic mass is 19.4. The van der Waals surface area contributed by atoms with Crippen molar-refractivity contribution in [1.29, 1.82) is 5.41 Å². The number of benzene rings is 1. The van der Waals surface area contributed by atoms with Crippen molar-refractivity contribution in [3.8, 4) is 0 Å². The topological polar surface area (TPSA) is 76.2 Å². The van der Waals surface area contributed by atoms with Gasteiger partial charge in [0.1, 0.15) is 0 Å². The highest BCUT2D eigenvalue weighted by molar-refractivity contribution is 5.76. The Balaban J connectivity index is 0.000000411. The zero-order valence-corrected chi connectivity index (χ0v) is 9.62. The van der Waals surface area contributed by atoms with Gasteiger partial charge in [0.05, 0.1) is 19.2 Å². The Morgan fingerprint density at radius 1 is 1.39 bits per heavy atom. The van der Waals surface area contributed by atoms with Gasteiger partial charge in [-0.2, -0.15) is 13.2 Å². The van der Waals surface area contributed by atoms with Crippen LogP contribution < -0.4 is 5.73 Å². The van der Waals surface area contributed by atoms with Crippen LogP contribution in [0.4, 0.5) is 13.2 Å². The number of nitrogens with one attached hydrogen (secondary N) is 1. The lowest BCUT2D eigenvalue weighted by atomic mass is 10.1. The van der Waals surface area contributed by atoms with Gasteiger partial charge in [0.15, 0.2) is 0 Å². The first-order chi connectivity index (χ1) is 8.35.